The Kier molecular flexibility index (Phi) is 5.19. The van der Waals surface area contributed by atoms with E-state index in [2.05, 4.69) is 5.32 Å². The van der Waals surface area contributed by atoms with Gasteiger partial charge in [0, 0.05) is 17.8 Å². The number of hydrogen-bond donors (Lipinski definition) is 1. The number of allylic oxidation sites excluding steroid dienone is 3. The summed E-state index contributed by atoms with van der Waals surface area (Å²) in [5.74, 6) is 0.196. The van der Waals surface area contributed by atoms with Gasteiger partial charge in [-0.05, 0) is 26.0 Å². The van der Waals surface area contributed by atoms with Crippen LogP contribution in [-0.2, 0) is 14.3 Å². The van der Waals surface area contributed by atoms with E-state index in [0.29, 0.717) is 17.2 Å². The Morgan fingerprint density at radius 1 is 1.27 bits per heavy atom. The molecule has 1 aliphatic heterocycles. The largest absolute Gasteiger partial charge is 0.454 e. The van der Waals surface area contributed by atoms with E-state index in [1.54, 1.807) is 36.4 Å². The van der Waals surface area contributed by atoms with Crippen molar-refractivity contribution in [2.45, 2.75) is 20.0 Å². The average molecular weight is 303 g/mol. The predicted octanol–water partition coefficient (Wildman–Crippen LogP) is 2.42. The smallest absolute Gasteiger partial charge is 0.331 e. The van der Waals surface area contributed by atoms with Crippen LogP contribution in [0.2, 0.25) is 0 Å². The number of carbonyl (C=O) groups is 2. The number of amides is 1. The molecule has 0 saturated carbocycles. The summed E-state index contributed by atoms with van der Waals surface area (Å²) in [7, 11) is 0. The number of nitrogens with one attached hydrogen (secondary N) is 1. The van der Waals surface area contributed by atoms with Crippen molar-refractivity contribution in [2.24, 2.45) is 0 Å². The first-order valence-corrected chi connectivity index (χ1v) is 6.80. The summed E-state index contributed by atoms with van der Waals surface area (Å²) in [4.78, 5) is 23.5. The van der Waals surface area contributed by atoms with Crippen molar-refractivity contribution in [1.29, 1.82) is 0 Å². The molecule has 0 aliphatic carbocycles. The maximum absolute atomic E-state index is 12.0. The van der Waals surface area contributed by atoms with Crippen LogP contribution in [0.15, 0.2) is 42.5 Å². The average Bonchev–Trinajstić information content (AvgIpc) is 2.95. The van der Waals surface area contributed by atoms with E-state index in [-0.39, 0.29) is 6.79 Å². The van der Waals surface area contributed by atoms with E-state index in [1.165, 1.54) is 13.0 Å². The Morgan fingerprint density at radius 3 is 2.82 bits per heavy atom. The molecule has 116 valence electrons. The predicted molar refractivity (Wildman–Crippen MR) is 80.7 cm³/mol. The lowest BCUT2D eigenvalue weighted by Crippen LogP contribution is -2.29. The van der Waals surface area contributed by atoms with Gasteiger partial charge in [0.2, 0.25) is 6.79 Å². The summed E-state index contributed by atoms with van der Waals surface area (Å²) in [5, 5.41) is 2.65. The molecular formula is C16H17NO5. The van der Waals surface area contributed by atoms with Crippen molar-refractivity contribution in [1.82, 2.24) is 0 Å². The first-order valence-electron chi connectivity index (χ1n) is 6.80. The van der Waals surface area contributed by atoms with Gasteiger partial charge >= 0.3 is 5.97 Å². The molecule has 1 heterocycles. The second kappa shape index (κ2) is 7.31. The van der Waals surface area contributed by atoms with E-state index >= 15 is 0 Å². The zero-order chi connectivity index (χ0) is 15.9. The zero-order valence-corrected chi connectivity index (χ0v) is 12.4. The lowest BCUT2D eigenvalue weighted by Gasteiger charge is -2.12. The molecule has 0 fully saturated rings. The Labute approximate surface area is 128 Å². The third kappa shape index (κ3) is 4.12. The number of fused-ring (bicyclic) bond motifs is 1. The summed E-state index contributed by atoms with van der Waals surface area (Å²) in [5.41, 5.74) is 0.543. The van der Waals surface area contributed by atoms with Crippen LogP contribution in [0.25, 0.3) is 0 Å². The van der Waals surface area contributed by atoms with Gasteiger partial charge in [-0.3, -0.25) is 4.79 Å². The van der Waals surface area contributed by atoms with Gasteiger partial charge in [-0.2, -0.15) is 0 Å². The van der Waals surface area contributed by atoms with Crippen molar-refractivity contribution in [3.63, 3.8) is 0 Å². The highest BCUT2D eigenvalue weighted by atomic mass is 16.7. The number of benzene rings is 1. The molecule has 22 heavy (non-hydrogen) atoms. The van der Waals surface area contributed by atoms with Crippen molar-refractivity contribution in [3.05, 3.63) is 42.5 Å². The molecule has 0 saturated heterocycles. The molecule has 0 radical (unpaired) electrons. The van der Waals surface area contributed by atoms with Crippen molar-refractivity contribution in [3.8, 4) is 11.5 Å². The fraction of sp³-hybridized carbons (Fsp3) is 0.250. The van der Waals surface area contributed by atoms with Crippen LogP contribution < -0.4 is 14.8 Å². The van der Waals surface area contributed by atoms with E-state index < -0.39 is 18.0 Å². The molecule has 1 atom stereocenters. The molecular weight excluding hydrogens is 286 g/mol. The van der Waals surface area contributed by atoms with Gasteiger partial charge < -0.3 is 19.5 Å². The number of hydrogen-bond acceptors (Lipinski definition) is 5. The molecule has 1 aliphatic rings. The molecule has 0 spiro atoms. The number of ether oxygens (including phenoxy) is 3. The Balaban J connectivity index is 1.90. The number of rotatable bonds is 5. The first-order chi connectivity index (χ1) is 10.6. The molecule has 6 nitrogen and oxygen atoms in total. The summed E-state index contributed by atoms with van der Waals surface area (Å²) < 4.78 is 15.4. The van der Waals surface area contributed by atoms with Crippen LogP contribution in [0.3, 0.4) is 0 Å². The van der Waals surface area contributed by atoms with Gasteiger partial charge in [0.1, 0.15) is 0 Å². The highest BCUT2D eigenvalue weighted by molar-refractivity contribution is 5.96. The Hall–Kier alpha value is -2.76. The van der Waals surface area contributed by atoms with Crippen molar-refractivity contribution >= 4 is 17.6 Å². The van der Waals surface area contributed by atoms with E-state index in [4.69, 9.17) is 14.2 Å². The molecule has 0 unspecified atom stereocenters. The molecule has 1 aromatic carbocycles. The summed E-state index contributed by atoms with van der Waals surface area (Å²) in [6.45, 7) is 3.50. The van der Waals surface area contributed by atoms with Gasteiger partial charge in [-0.15, -0.1) is 0 Å². The Bertz CT molecular complexity index is 621. The minimum absolute atomic E-state index is 0.166. The first kappa shape index (κ1) is 15.6. The minimum Gasteiger partial charge on any atom is -0.454 e. The van der Waals surface area contributed by atoms with Gasteiger partial charge in [0.05, 0.1) is 0 Å². The summed E-state index contributed by atoms with van der Waals surface area (Å²) in [6, 6.07) is 5.04. The van der Waals surface area contributed by atoms with Crippen LogP contribution in [0.5, 0.6) is 11.5 Å². The SMILES string of the molecule is C/C=C/C=C/C(=O)O[C@@H](C)C(=O)Nc1ccc2c(c1)OCO2. The normalized spacial score (nSPS) is 14.3. The second-order valence-corrected chi connectivity index (χ2v) is 4.52. The van der Waals surface area contributed by atoms with Gasteiger partial charge in [0.15, 0.2) is 17.6 Å². The topological polar surface area (TPSA) is 73.9 Å². The summed E-state index contributed by atoms with van der Waals surface area (Å²) >= 11 is 0. The zero-order valence-electron chi connectivity index (χ0n) is 12.4. The number of carbonyl (C=O) groups excluding carboxylic acids is 2. The minimum atomic E-state index is -0.909. The summed E-state index contributed by atoms with van der Waals surface area (Å²) in [6.07, 6.45) is 5.36. The van der Waals surface area contributed by atoms with Gasteiger partial charge in [-0.25, -0.2) is 4.79 Å². The molecule has 6 heteroatoms. The van der Waals surface area contributed by atoms with Gasteiger partial charge in [-0.1, -0.05) is 18.2 Å². The fourth-order valence-electron chi connectivity index (χ4n) is 1.73. The maximum atomic E-state index is 12.0. The van der Waals surface area contributed by atoms with E-state index in [1.807, 2.05) is 6.92 Å². The highest BCUT2D eigenvalue weighted by Crippen LogP contribution is 2.34. The van der Waals surface area contributed by atoms with Crippen molar-refractivity contribution < 1.29 is 23.8 Å². The molecule has 1 amide bonds. The number of anilines is 1. The van der Waals surface area contributed by atoms with Crippen LogP contribution in [0.4, 0.5) is 5.69 Å². The van der Waals surface area contributed by atoms with Crippen LogP contribution in [0.1, 0.15) is 13.8 Å². The maximum Gasteiger partial charge on any atom is 0.331 e. The standard InChI is InChI=1S/C16H17NO5/c1-3-4-5-6-15(18)22-11(2)16(19)17-12-7-8-13-14(9-12)21-10-20-13/h3-9,11H,10H2,1-2H3,(H,17,19)/b4-3+,6-5+/t11-/m0/s1. The fourth-order valence-corrected chi connectivity index (χ4v) is 1.73. The molecule has 1 N–H and O–H groups in total. The Morgan fingerprint density at radius 2 is 2.05 bits per heavy atom. The lowest BCUT2D eigenvalue weighted by molar-refractivity contribution is -0.148. The van der Waals surface area contributed by atoms with Crippen molar-refractivity contribution in [2.75, 3.05) is 12.1 Å². The number of esters is 1. The van der Waals surface area contributed by atoms with E-state index in [0.717, 1.165) is 0 Å². The van der Waals surface area contributed by atoms with E-state index in [9.17, 15) is 9.59 Å². The highest BCUT2D eigenvalue weighted by Gasteiger charge is 2.18. The molecule has 2 rings (SSSR count). The van der Waals surface area contributed by atoms with Crippen LogP contribution in [0, 0.1) is 0 Å². The van der Waals surface area contributed by atoms with Gasteiger partial charge in [0.25, 0.3) is 5.91 Å². The van der Waals surface area contributed by atoms with Crippen LogP contribution in [-0.4, -0.2) is 24.8 Å². The third-order valence-corrected chi connectivity index (χ3v) is 2.84. The second-order valence-electron chi connectivity index (χ2n) is 4.52. The molecule has 1 aromatic rings. The monoisotopic (exact) mass is 303 g/mol. The third-order valence-electron chi connectivity index (χ3n) is 2.84. The molecule has 0 aromatic heterocycles. The molecule has 0 bridgehead atoms. The quantitative estimate of drug-likeness (QED) is 0.514. The van der Waals surface area contributed by atoms with Crippen LogP contribution >= 0.6 is 0 Å². The lowest BCUT2D eigenvalue weighted by atomic mass is 10.2.